The van der Waals surface area contributed by atoms with Crippen LogP contribution >= 0.6 is 22.6 Å². The van der Waals surface area contributed by atoms with E-state index < -0.39 is 4.92 Å². The molecule has 0 bridgehead atoms. The van der Waals surface area contributed by atoms with Gasteiger partial charge in [0.25, 0.3) is 11.6 Å². The van der Waals surface area contributed by atoms with Gasteiger partial charge in [-0.1, -0.05) is 13.8 Å². The quantitative estimate of drug-likeness (QED) is 0.459. The number of ether oxygens (including phenoxy) is 1. The van der Waals surface area contributed by atoms with Crippen molar-refractivity contribution in [1.29, 1.82) is 0 Å². The van der Waals surface area contributed by atoms with Crippen molar-refractivity contribution < 1.29 is 14.5 Å². The number of carbonyl (C=O) groups excluding carboxylic acids is 1. The number of hydrogen-bond acceptors (Lipinski definition) is 4. The Morgan fingerprint density at radius 2 is 2.15 bits per heavy atom. The fourth-order valence-corrected chi connectivity index (χ4v) is 2.21. The molecule has 110 valence electrons. The normalized spacial score (nSPS) is 12.2. The van der Waals surface area contributed by atoms with E-state index in [0.29, 0.717) is 15.7 Å². The summed E-state index contributed by atoms with van der Waals surface area (Å²) in [7, 11) is 1.57. The second-order valence-corrected chi connectivity index (χ2v) is 5.86. The number of nitrogens with zero attached hydrogens (tertiary/aromatic N) is 1. The van der Waals surface area contributed by atoms with Crippen LogP contribution < -0.4 is 5.32 Å². The number of hydrogen-bond donors (Lipinski definition) is 1. The third-order valence-electron chi connectivity index (χ3n) is 2.87. The molecule has 1 aromatic carbocycles. The van der Waals surface area contributed by atoms with Gasteiger partial charge in [0.05, 0.1) is 23.1 Å². The molecular formula is C13H17IN2O4. The molecule has 0 radical (unpaired) electrons. The number of halogens is 1. The Morgan fingerprint density at radius 1 is 1.50 bits per heavy atom. The van der Waals surface area contributed by atoms with Gasteiger partial charge in [-0.2, -0.15) is 0 Å². The highest BCUT2D eigenvalue weighted by Crippen LogP contribution is 2.20. The van der Waals surface area contributed by atoms with Crippen molar-refractivity contribution in [2.24, 2.45) is 5.92 Å². The van der Waals surface area contributed by atoms with Crippen molar-refractivity contribution >= 4 is 34.2 Å². The molecule has 1 unspecified atom stereocenters. The number of nitro groups is 1. The number of carbonyl (C=O) groups is 1. The Morgan fingerprint density at radius 3 is 2.65 bits per heavy atom. The zero-order chi connectivity index (χ0) is 15.3. The summed E-state index contributed by atoms with van der Waals surface area (Å²) in [5, 5.41) is 13.6. The third-order valence-corrected chi connectivity index (χ3v) is 3.81. The molecule has 7 heteroatoms. The predicted molar refractivity (Wildman–Crippen MR) is 83.8 cm³/mol. The van der Waals surface area contributed by atoms with Gasteiger partial charge in [0.1, 0.15) is 0 Å². The molecule has 0 aliphatic rings. The lowest BCUT2D eigenvalue weighted by atomic mass is 10.0. The number of non-ortho nitro benzene ring substituents is 1. The van der Waals surface area contributed by atoms with Crippen LogP contribution in [0, 0.1) is 19.6 Å². The van der Waals surface area contributed by atoms with Crippen LogP contribution in [0.5, 0.6) is 0 Å². The number of benzene rings is 1. The SMILES string of the molecule is COCC(NC(=O)c1cc([N+](=O)[O-])ccc1I)C(C)C. The predicted octanol–water partition coefficient (Wildman–Crippen LogP) is 2.60. The summed E-state index contributed by atoms with van der Waals surface area (Å²) in [5.41, 5.74) is 0.213. The molecule has 1 rings (SSSR count). The van der Waals surface area contributed by atoms with Crippen LogP contribution in [0.4, 0.5) is 5.69 Å². The van der Waals surface area contributed by atoms with Gasteiger partial charge in [0.2, 0.25) is 0 Å². The summed E-state index contributed by atoms with van der Waals surface area (Å²) in [6.07, 6.45) is 0. The van der Waals surface area contributed by atoms with E-state index in [1.807, 2.05) is 36.4 Å². The zero-order valence-corrected chi connectivity index (χ0v) is 13.7. The standard InChI is InChI=1S/C13H17IN2O4/c1-8(2)12(7-20-3)15-13(17)10-6-9(16(18)19)4-5-11(10)14/h4-6,8,12H,7H2,1-3H3,(H,15,17). The monoisotopic (exact) mass is 392 g/mol. The van der Waals surface area contributed by atoms with E-state index in [0.717, 1.165) is 0 Å². The maximum Gasteiger partial charge on any atom is 0.270 e. The molecule has 1 atom stereocenters. The van der Waals surface area contributed by atoms with E-state index in [9.17, 15) is 14.9 Å². The van der Waals surface area contributed by atoms with Crippen LogP contribution in [0.1, 0.15) is 24.2 Å². The zero-order valence-electron chi connectivity index (χ0n) is 11.6. The van der Waals surface area contributed by atoms with Gasteiger partial charge < -0.3 is 10.1 Å². The van der Waals surface area contributed by atoms with Gasteiger partial charge in [-0.3, -0.25) is 14.9 Å². The number of amides is 1. The number of rotatable bonds is 6. The topological polar surface area (TPSA) is 81.5 Å². The summed E-state index contributed by atoms with van der Waals surface area (Å²) < 4.78 is 5.74. The average molecular weight is 392 g/mol. The molecule has 0 aliphatic carbocycles. The number of nitrogens with one attached hydrogen (secondary N) is 1. The van der Waals surface area contributed by atoms with E-state index >= 15 is 0 Å². The van der Waals surface area contributed by atoms with Crippen LogP contribution in [0.25, 0.3) is 0 Å². The Balaban J connectivity index is 2.96. The first-order valence-corrected chi connectivity index (χ1v) is 7.18. The molecule has 0 saturated carbocycles. The highest BCUT2D eigenvalue weighted by atomic mass is 127. The summed E-state index contributed by atoms with van der Waals surface area (Å²) in [5.74, 6) is -0.121. The first-order valence-electron chi connectivity index (χ1n) is 6.10. The van der Waals surface area contributed by atoms with Crippen molar-refractivity contribution in [2.75, 3.05) is 13.7 Å². The lowest BCUT2D eigenvalue weighted by Gasteiger charge is -2.21. The molecule has 0 heterocycles. The first-order chi connectivity index (χ1) is 9.36. The molecule has 0 fully saturated rings. The number of nitro benzene ring substituents is 1. The molecule has 1 aromatic rings. The van der Waals surface area contributed by atoms with Crippen molar-refractivity contribution in [3.63, 3.8) is 0 Å². The largest absolute Gasteiger partial charge is 0.383 e. The second kappa shape index (κ2) is 7.53. The molecule has 20 heavy (non-hydrogen) atoms. The summed E-state index contributed by atoms with van der Waals surface area (Å²) >= 11 is 1.99. The minimum Gasteiger partial charge on any atom is -0.383 e. The van der Waals surface area contributed by atoms with E-state index in [1.165, 1.54) is 12.1 Å². The van der Waals surface area contributed by atoms with Crippen molar-refractivity contribution in [3.8, 4) is 0 Å². The summed E-state index contributed by atoms with van der Waals surface area (Å²) in [4.78, 5) is 22.5. The van der Waals surface area contributed by atoms with E-state index in [1.54, 1.807) is 13.2 Å². The summed E-state index contributed by atoms with van der Waals surface area (Å²) in [6.45, 7) is 4.35. The minimum atomic E-state index is -0.512. The average Bonchev–Trinajstić information content (AvgIpc) is 2.38. The van der Waals surface area contributed by atoms with Gasteiger partial charge >= 0.3 is 0 Å². The fourth-order valence-electron chi connectivity index (χ4n) is 1.63. The van der Waals surface area contributed by atoms with E-state index in [4.69, 9.17) is 4.74 Å². The van der Waals surface area contributed by atoms with Gasteiger partial charge in [-0.05, 0) is 34.6 Å². The van der Waals surface area contributed by atoms with Crippen molar-refractivity contribution in [1.82, 2.24) is 5.32 Å². The maximum atomic E-state index is 12.2. The van der Waals surface area contributed by atoms with Gasteiger partial charge in [0, 0.05) is 22.8 Å². The summed E-state index contributed by atoms with van der Waals surface area (Å²) in [6, 6.07) is 4.10. The Hall–Kier alpha value is -1.22. The highest BCUT2D eigenvalue weighted by molar-refractivity contribution is 14.1. The Labute approximate surface area is 131 Å². The lowest BCUT2D eigenvalue weighted by Crippen LogP contribution is -2.41. The van der Waals surface area contributed by atoms with Crippen LogP contribution in [-0.2, 0) is 4.74 Å². The van der Waals surface area contributed by atoms with Gasteiger partial charge in [-0.25, -0.2) is 0 Å². The molecule has 1 amide bonds. The van der Waals surface area contributed by atoms with E-state index in [-0.39, 0.29) is 23.6 Å². The van der Waals surface area contributed by atoms with Crippen LogP contribution in [-0.4, -0.2) is 30.6 Å². The van der Waals surface area contributed by atoms with Gasteiger partial charge in [-0.15, -0.1) is 0 Å². The smallest absolute Gasteiger partial charge is 0.270 e. The highest BCUT2D eigenvalue weighted by Gasteiger charge is 2.20. The molecule has 0 aliphatic heterocycles. The molecule has 1 N–H and O–H groups in total. The number of methoxy groups -OCH3 is 1. The van der Waals surface area contributed by atoms with Crippen LogP contribution in [0.2, 0.25) is 0 Å². The maximum absolute atomic E-state index is 12.2. The van der Waals surface area contributed by atoms with Crippen LogP contribution in [0.3, 0.4) is 0 Å². The van der Waals surface area contributed by atoms with Crippen LogP contribution in [0.15, 0.2) is 18.2 Å². The molecule has 0 saturated heterocycles. The second-order valence-electron chi connectivity index (χ2n) is 4.70. The lowest BCUT2D eigenvalue weighted by molar-refractivity contribution is -0.384. The van der Waals surface area contributed by atoms with Gasteiger partial charge in [0.15, 0.2) is 0 Å². The Kier molecular flexibility index (Phi) is 6.34. The molecule has 0 aromatic heterocycles. The molecule has 6 nitrogen and oxygen atoms in total. The van der Waals surface area contributed by atoms with Crippen molar-refractivity contribution in [3.05, 3.63) is 37.4 Å². The minimum absolute atomic E-state index is 0.0941. The third kappa shape index (κ3) is 4.41. The molecule has 0 spiro atoms. The Bertz CT molecular complexity index is 505. The first kappa shape index (κ1) is 16.8. The molecular weight excluding hydrogens is 375 g/mol. The van der Waals surface area contributed by atoms with E-state index in [2.05, 4.69) is 5.32 Å². The fraction of sp³-hybridized carbons (Fsp3) is 0.462. The van der Waals surface area contributed by atoms with Crippen molar-refractivity contribution in [2.45, 2.75) is 19.9 Å².